The number of anilines is 2. The molecular formula is C18H29N3O2. The molecular weight excluding hydrogens is 290 g/mol. The lowest BCUT2D eigenvalue weighted by atomic mass is 9.72. The van der Waals surface area contributed by atoms with E-state index in [4.69, 9.17) is 0 Å². The number of amides is 2. The number of nitrogens with zero attached hydrogens (tertiary/aromatic N) is 1. The predicted octanol–water partition coefficient (Wildman–Crippen LogP) is 3.21. The van der Waals surface area contributed by atoms with Crippen LogP contribution in [0.15, 0.2) is 24.3 Å². The van der Waals surface area contributed by atoms with Crippen LogP contribution in [-0.4, -0.2) is 38.4 Å². The molecule has 128 valence electrons. The van der Waals surface area contributed by atoms with Crippen LogP contribution in [0.1, 0.15) is 38.5 Å². The fourth-order valence-corrected chi connectivity index (χ4v) is 3.34. The topological polar surface area (TPSA) is 64.6 Å². The Morgan fingerprint density at radius 3 is 2.39 bits per heavy atom. The lowest BCUT2D eigenvalue weighted by molar-refractivity contribution is 0.128. The molecule has 0 spiro atoms. The molecule has 0 heterocycles. The van der Waals surface area contributed by atoms with E-state index in [9.17, 15) is 9.90 Å². The number of hydrogen-bond donors (Lipinski definition) is 3. The first-order valence-electron chi connectivity index (χ1n) is 8.48. The second-order valence-corrected chi connectivity index (χ2v) is 6.78. The molecule has 1 aromatic rings. The Morgan fingerprint density at radius 1 is 1.17 bits per heavy atom. The number of aliphatic hydroxyl groups is 1. The van der Waals surface area contributed by atoms with Crippen molar-refractivity contribution in [1.82, 2.24) is 5.32 Å². The van der Waals surface area contributed by atoms with Gasteiger partial charge in [0, 0.05) is 38.6 Å². The maximum absolute atomic E-state index is 12.1. The standard InChI is InChI=1S/C18H29N3O2/c1-21(2)16-8-6-15(7-9-16)20-17(23)19-14-18(12-13-22)10-4-3-5-11-18/h6-9,22H,3-5,10-14H2,1-2H3,(H2,19,20,23). The average Bonchev–Trinajstić information content (AvgIpc) is 2.55. The number of aliphatic hydroxyl groups excluding tert-OH is 1. The Labute approximate surface area is 139 Å². The number of hydrogen-bond acceptors (Lipinski definition) is 3. The maximum Gasteiger partial charge on any atom is 0.319 e. The molecule has 0 aliphatic heterocycles. The summed E-state index contributed by atoms with van der Waals surface area (Å²) in [6.45, 7) is 0.824. The van der Waals surface area contributed by atoms with Crippen LogP contribution < -0.4 is 15.5 Å². The first kappa shape index (κ1) is 17.6. The molecule has 0 unspecified atom stereocenters. The molecule has 1 fully saturated rings. The minimum absolute atomic E-state index is 0.0686. The highest BCUT2D eigenvalue weighted by molar-refractivity contribution is 5.89. The summed E-state index contributed by atoms with van der Waals surface area (Å²) in [6.07, 6.45) is 6.59. The van der Waals surface area contributed by atoms with E-state index in [2.05, 4.69) is 10.6 Å². The summed E-state index contributed by atoms with van der Waals surface area (Å²) >= 11 is 0. The van der Waals surface area contributed by atoms with Gasteiger partial charge in [-0.2, -0.15) is 0 Å². The predicted molar refractivity (Wildman–Crippen MR) is 95.0 cm³/mol. The van der Waals surface area contributed by atoms with E-state index >= 15 is 0 Å². The van der Waals surface area contributed by atoms with Gasteiger partial charge >= 0.3 is 6.03 Å². The number of nitrogens with one attached hydrogen (secondary N) is 2. The molecule has 0 bridgehead atoms. The summed E-state index contributed by atoms with van der Waals surface area (Å²) < 4.78 is 0. The van der Waals surface area contributed by atoms with Crippen LogP contribution in [0.5, 0.6) is 0 Å². The first-order chi connectivity index (χ1) is 11.0. The highest BCUT2D eigenvalue weighted by Crippen LogP contribution is 2.38. The monoisotopic (exact) mass is 319 g/mol. The van der Waals surface area contributed by atoms with Gasteiger partial charge in [-0.05, 0) is 48.9 Å². The van der Waals surface area contributed by atoms with Crippen LogP contribution in [0, 0.1) is 5.41 Å². The molecule has 1 aliphatic rings. The van der Waals surface area contributed by atoms with Crippen LogP contribution in [-0.2, 0) is 0 Å². The van der Waals surface area contributed by atoms with E-state index < -0.39 is 0 Å². The molecule has 0 atom stereocenters. The Hall–Kier alpha value is -1.75. The zero-order valence-corrected chi connectivity index (χ0v) is 14.3. The lowest BCUT2D eigenvalue weighted by Gasteiger charge is -2.37. The quantitative estimate of drug-likeness (QED) is 0.754. The molecule has 2 amide bonds. The van der Waals surface area contributed by atoms with Gasteiger partial charge in [0.25, 0.3) is 0 Å². The van der Waals surface area contributed by atoms with Crippen molar-refractivity contribution in [2.24, 2.45) is 5.41 Å². The minimum Gasteiger partial charge on any atom is -0.396 e. The highest BCUT2D eigenvalue weighted by Gasteiger charge is 2.31. The van der Waals surface area contributed by atoms with Crippen molar-refractivity contribution in [1.29, 1.82) is 0 Å². The van der Waals surface area contributed by atoms with E-state index in [0.717, 1.165) is 30.6 Å². The fourth-order valence-electron chi connectivity index (χ4n) is 3.34. The third kappa shape index (κ3) is 5.13. The van der Waals surface area contributed by atoms with Gasteiger partial charge in [0.05, 0.1) is 0 Å². The third-order valence-corrected chi connectivity index (χ3v) is 4.82. The SMILES string of the molecule is CN(C)c1ccc(NC(=O)NCC2(CCO)CCCCC2)cc1. The van der Waals surface area contributed by atoms with Crippen LogP contribution >= 0.6 is 0 Å². The molecule has 23 heavy (non-hydrogen) atoms. The molecule has 0 aromatic heterocycles. The Balaban J connectivity index is 1.86. The van der Waals surface area contributed by atoms with Gasteiger partial charge in [-0.25, -0.2) is 4.79 Å². The summed E-state index contributed by atoms with van der Waals surface area (Å²) in [5.41, 5.74) is 1.95. The summed E-state index contributed by atoms with van der Waals surface area (Å²) in [6, 6.07) is 7.58. The van der Waals surface area contributed by atoms with E-state index in [-0.39, 0.29) is 18.1 Å². The van der Waals surface area contributed by atoms with Gasteiger partial charge in [-0.1, -0.05) is 19.3 Å². The Kier molecular flexibility index (Phi) is 6.28. The first-order valence-corrected chi connectivity index (χ1v) is 8.48. The van der Waals surface area contributed by atoms with E-state index in [1.165, 1.54) is 19.3 Å². The molecule has 0 radical (unpaired) electrons. The summed E-state index contributed by atoms with van der Waals surface area (Å²) in [5, 5.41) is 15.2. The van der Waals surface area contributed by atoms with Gasteiger partial charge in [-0.15, -0.1) is 0 Å². The van der Waals surface area contributed by atoms with Gasteiger partial charge in [0.2, 0.25) is 0 Å². The van der Waals surface area contributed by atoms with Gasteiger partial charge in [0.15, 0.2) is 0 Å². The summed E-state index contributed by atoms with van der Waals surface area (Å²) in [5.74, 6) is 0. The third-order valence-electron chi connectivity index (χ3n) is 4.82. The van der Waals surface area contributed by atoms with Gasteiger partial charge in [0.1, 0.15) is 0 Å². The molecule has 1 aromatic carbocycles. The van der Waals surface area contributed by atoms with Crippen molar-refractivity contribution in [2.75, 3.05) is 37.5 Å². The van der Waals surface area contributed by atoms with Crippen LogP contribution in [0.4, 0.5) is 16.2 Å². The number of carbonyl (C=O) groups is 1. The minimum atomic E-state index is -0.175. The second kappa shape index (κ2) is 8.20. The van der Waals surface area contributed by atoms with E-state index in [1.54, 1.807) is 0 Å². The highest BCUT2D eigenvalue weighted by atomic mass is 16.3. The number of benzene rings is 1. The number of urea groups is 1. The average molecular weight is 319 g/mol. The molecule has 5 nitrogen and oxygen atoms in total. The van der Waals surface area contributed by atoms with E-state index in [1.807, 2.05) is 43.3 Å². The number of carbonyl (C=O) groups excluding carboxylic acids is 1. The molecule has 2 rings (SSSR count). The van der Waals surface area contributed by atoms with E-state index in [0.29, 0.717) is 6.54 Å². The molecule has 0 saturated heterocycles. The number of rotatable bonds is 6. The summed E-state index contributed by atoms with van der Waals surface area (Å²) in [4.78, 5) is 14.1. The van der Waals surface area contributed by atoms with Crippen molar-refractivity contribution < 1.29 is 9.90 Å². The van der Waals surface area contributed by atoms with Crippen LogP contribution in [0.25, 0.3) is 0 Å². The van der Waals surface area contributed by atoms with Crippen molar-refractivity contribution in [3.05, 3.63) is 24.3 Å². The molecule has 3 N–H and O–H groups in total. The van der Waals surface area contributed by atoms with Crippen molar-refractivity contribution in [3.8, 4) is 0 Å². The second-order valence-electron chi connectivity index (χ2n) is 6.78. The van der Waals surface area contributed by atoms with Gasteiger partial charge in [-0.3, -0.25) is 0 Å². The van der Waals surface area contributed by atoms with Crippen LogP contribution in [0.2, 0.25) is 0 Å². The van der Waals surface area contributed by atoms with Crippen molar-refractivity contribution >= 4 is 17.4 Å². The van der Waals surface area contributed by atoms with Crippen LogP contribution in [0.3, 0.4) is 0 Å². The molecule has 1 aliphatic carbocycles. The zero-order chi connectivity index (χ0) is 16.7. The van der Waals surface area contributed by atoms with Gasteiger partial charge < -0.3 is 20.6 Å². The summed E-state index contributed by atoms with van der Waals surface area (Å²) in [7, 11) is 3.97. The smallest absolute Gasteiger partial charge is 0.319 e. The zero-order valence-electron chi connectivity index (χ0n) is 14.3. The van der Waals surface area contributed by atoms with Crippen molar-refractivity contribution in [2.45, 2.75) is 38.5 Å². The lowest BCUT2D eigenvalue weighted by Crippen LogP contribution is -2.41. The largest absolute Gasteiger partial charge is 0.396 e. The molecule has 1 saturated carbocycles. The molecule has 5 heteroatoms. The fraction of sp³-hybridized carbons (Fsp3) is 0.611. The normalized spacial score (nSPS) is 16.7. The Morgan fingerprint density at radius 2 is 1.83 bits per heavy atom. The Bertz CT molecular complexity index is 488. The van der Waals surface area contributed by atoms with Crippen molar-refractivity contribution in [3.63, 3.8) is 0 Å². The maximum atomic E-state index is 12.1.